The number of phenols is 2. The molecule has 8 nitrogen and oxygen atoms in total. The molecule has 3 aromatic rings. The summed E-state index contributed by atoms with van der Waals surface area (Å²) < 4.78 is 1.92. The van der Waals surface area contributed by atoms with Gasteiger partial charge in [0.15, 0.2) is 22.5 Å². The second-order valence-electron chi connectivity index (χ2n) is 5.89. The fraction of sp³-hybridized carbons (Fsp3) is 0.158. The first-order valence-corrected chi connectivity index (χ1v) is 10.00. The molecule has 29 heavy (non-hydrogen) atoms. The lowest BCUT2D eigenvalue weighted by Gasteiger charge is -2.07. The van der Waals surface area contributed by atoms with Gasteiger partial charge in [-0.2, -0.15) is 5.10 Å². The summed E-state index contributed by atoms with van der Waals surface area (Å²) in [5.74, 6) is 0.0219. The zero-order chi connectivity index (χ0) is 20.8. The van der Waals surface area contributed by atoms with E-state index in [4.69, 9.17) is 11.6 Å². The summed E-state index contributed by atoms with van der Waals surface area (Å²) in [4.78, 5) is 12.0. The van der Waals surface area contributed by atoms with E-state index in [9.17, 15) is 15.0 Å². The van der Waals surface area contributed by atoms with Crippen molar-refractivity contribution in [2.24, 2.45) is 5.10 Å². The van der Waals surface area contributed by atoms with Gasteiger partial charge in [0.2, 0.25) is 0 Å². The minimum atomic E-state index is -0.312. The molecule has 1 amide bonds. The number of thioether (sulfide) groups is 1. The van der Waals surface area contributed by atoms with E-state index in [0.29, 0.717) is 28.1 Å². The maximum Gasteiger partial charge on any atom is 0.250 e. The Morgan fingerprint density at radius 1 is 1.21 bits per heavy atom. The summed E-state index contributed by atoms with van der Waals surface area (Å²) in [6.45, 7) is 2.63. The van der Waals surface area contributed by atoms with Gasteiger partial charge in [-0.05, 0) is 55.0 Å². The standard InChI is InChI=1S/C19H18ClN5O3S/c1-2-25-18(13-4-6-14(20)7-5-13)23-24-19(25)29-11-17(28)22-21-10-12-3-8-15(26)16(27)9-12/h3-10,26-27H,2,11H2,1H3,(H,22,28). The van der Waals surface area contributed by atoms with E-state index in [1.165, 1.54) is 30.1 Å². The van der Waals surface area contributed by atoms with Crippen LogP contribution in [0.1, 0.15) is 12.5 Å². The lowest BCUT2D eigenvalue weighted by atomic mass is 10.2. The molecule has 0 atom stereocenters. The number of phenolic OH excluding ortho intramolecular Hbond substituents is 2. The molecule has 1 aromatic heterocycles. The highest BCUT2D eigenvalue weighted by Gasteiger charge is 2.14. The molecule has 1 heterocycles. The first-order valence-electron chi connectivity index (χ1n) is 8.63. The Kier molecular flexibility index (Phi) is 6.73. The molecular weight excluding hydrogens is 414 g/mol. The number of hydrazone groups is 1. The molecule has 0 radical (unpaired) electrons. The van der Waals surface area contributed by atoms with Crippen LogP contribution in [0.15, 0.2) is 52.7 Å². The maximum atomic E-state index is 12.0. The number of aromatic nitrogens is 3. The predicted molar refractivity (Wildman–Crippen MR) is 112 cm³/mol. The molecule has 0 bridgehead atoms. The normalized spacial score (nSPS) is 11.1. The molecule has 0 aliphatic heterocycles. The number of nitrogens with zero attached hydrogens (tertiary/aromatic N) is 4. The summed E-state index contributed by atoms with van der Waals surface area (Å²) in [5.41, 5.74) is 3.84. The van der Waals surface area contributed by atoms with Gasteiger partial charge >= 0.3 is 0 Å². The molecule has 0 saturated heterocycles. The molecule has 0 saturated carbocycles. The van der Waals surface area contributed by atoms with Crippen LogP contribution in [0.2, 0.25) is 5.02 Å². The molecule has 3 rings (SSSR count). The van der Waals surface area contributed by atoms with Crippen LogP contribution in [0, 0.1) is 0 Å². The fourth-order valence-corrected chi connectivity index (χ4v) is 3.38. The van der Waals surface area contributed by atoms with Gasteiger partial charge in [-0.1, -0.05) is 23.4 Å². The van der Waals surface area contributed by atoms with Gasteiger partial charge < -0.3 is 14.8 Å². The Balaban J connectivity index is 1.59. The third-order valence-corrected chi connectivity index (χ3v) is 5.09. The van der Waals surface area contributed by atoms with Crippen molar-refractivity contribution in [2.75, 3.05) is 5.75 Å². The zero-order valence-electron chi connectivity index (χ0n) is 15.4. The van der Waals surface area contributed by atoms with E-state index >= 15 is 0 Å². The number of nitrogens with one attached hydrogen (secondary N) is 1. The number of halogens is 1. The topological polar surface area (TPSA) is 113 Å². The number of carbonyl (C=O) groups is 1. The van der Waals surface area contributed by atoms with Gasteiger partial charge in [0.1, 0.15) is 0 Å². The Morgan fingerprint density at radius 2 is 1.97 bits per heavy atom. The second kappa shape index (κ2) is 9.44. The second-order valence-corrected chi connectivity index (χ2v) is 7.27. The predicted octanol–water partition coefficient (Wildman–Crippen LogP) is 3.27. The first-order chi connectivity index (χ1) is 14.0. The smallest absolute Gasteiger partial charge is 0.250 e. The summed E-state index contributed by atoms with van der Waals surface area (Å²) in [7, 11) is 0. The maximum absolute atomic E-state index is 12.0. The molecule has 0 aliphatic carbocycles. The molecule has 0 spiro atoms. The molecule has 10 heteroatoms. The number of benzene rings is 2. The zero-order valence-corrected chi connectivity index (χ0v) is 17.0. The number of hydrogen-bond acceptors (Lipinski definition) is 7. The number of aromatic hydroxyl groups is 2. The Labute approximate surface area is 176 Å². The van der Waals surface area contributed by atoms with Crippen molar-refractivity contribution >= 4 is 35.5 Å². The van der Waals surface area contributed by atoms with Crippen LogP contribution in [0.4, 0.5) is 0 Å². The highest BCUT2D eigenvalue weighted by Crippen LogP contribution is 2.25. The highest BCUT2D eigenvalue weighted by molar-refractivity contribution is 7.99. The summed E-state index contributed by atoms with van der Waals surface area (Å²) in [5, 5.41) is 32.2. The van der Waals surface area contributed by atoms with Crippen LogP contribution in [0.3, 0.4) is 0 Å². The summed E-state index contributed by atoms with van der Waals surface area (Å²) >= 11 is 7.18. The van der Waals surface area contributed by atoms with Crippen molar-refractivity contribution in [1.29, 1.82) is 0 Å². The van der Waals surface area contributed by atoms with E-state index in [1.54, 1.807) is 18.2 Å². The molecule has 150 valence electrons. The minimum Gasteiger partial charge on any atom is -0.504 e. The summed E-state index contributed by atoms with van der Waals surface area (Å²) in [6, 6.07) is 11.5. The van der Waals surface area contributed by atoms with Gasteiger partial charge in [-0.3, -0.25) is 4.79 Å². The van der Waals surface area contributed by atoms with Gasteiger partial charge in [-0.15, -0.1) is 10.2 Å². The molecule has 3 N–H and O–H groups in total. The van der Waals surface area contributed by atoms with Crippen LogP contribution in [-0.4, -0.2) is 42.9 Å². The highest BCUT2D eigenvalue weighted by atomic mass is 35.5. The molecule has 2 aromatic carbocycles. The largest absolute Gasteiger partial charge is 0.504 e. The lowest BCUT2D eigenvalue weighted by molar-refractivity contribution is -0.118. The third-order valence-electron chi connectivity index (χ3n) is 3.87. The van der Waals surface area contributed by atoms with Crippen molar-refractivity contribution in [3.05, 3.63) is 53.1 Å². The molecule has 0 aliphatic rings. The van der Waals surface area contributed by atoms with Crippen LogP contribution >= 0.6 is 23.4 Å². The molecule has 0 unspecified atom stereocenters. The van der Waals surface area contributed by atoms with E-state index in [-0.39, 0.29) is 23.2 Å². The minimum absolute atomic E-state index is 0.108. The SMILES string of the molecule is CCn1c(SCC(=O)NN=Cc2ccc(O)c(O)c2)nnc1-c1ccc(Cl)cc1. The average Bonchev–Trinajstić information content (AvgIpc) is 3.12. The lowest BCUT2D eigenvalue weighted by Crippen LogP contribution is -2.20. The number of carbonyl (C=O) groups excluding carboxylic acids is 1. The van der Waals surface area contributed by atoms with Gasteiger partial charge in [-0.25, -0.2) is 5.43 Å². The van der Waals surface area contributed by atoms with E-state index in [1.807, 2.05) is 23.6 Å². The third kappa shape index (κ3) is 5.27. The van der Waals surface area contributed by atoms with Crippen molar-refractivity contribution in [3.8, 4) is 22.9 Å². The van der Waals surface area contributed by atoms with Crippen LogP contribution in [-0.2, 0) is 11.3 Å². The molecular formula is C19H18ClN5O3S. The van der Waals surface area contributed by atoms with Crippen LogP contribution < -0.4 is 5.43 Å². The number of rotatable bonds is 7. The van der Waals surface area contributed by atoms with E-state index in [0.717, 1.165) is 5.56 Å². The van der Waals surface area contributed by atoms with E-state index < -0.39 is 0 Å². The van der Waals surface area contributed by atoms with Gasteiger partial charge in [0, 0.05) is 17.1 Å². The molecule has 0 fully saturated rings. The van der Waals surface area contributed by atoms with Crippen molar-refractivity contribution in [3.63, 3.8) is 0 Å². The fourth-order valence-electron chi connectivity index (χ4n) is 2.45. The van der Waals surface area contributed by atoms with Gasteiger partial charge in [0.25, 0.3) is 5.91 Å². The first kappa shape index (κ1) is 20.7. The van der Waals surface area contributed by atoms with Crippen LogP contribution in [0.25, 0.3) is 11.4 Å². The Morgan fingerprint density at radius 3 is 2.66 bits per heavy atom. The number of hydrogen-bond donors (Lipinski definition) is 3. The summed E-state index contributed by atoms with van der Waals surface area (Å²) in [6.07, 6.45) is 1.37. The average molecular weight is 432 g/mol. The Bertz CT molecular complexity index is 1040. The van der Waals surface area contributed by atoms with Gasteiger partial charge in [0.05, 0.1) is 12.0 Å². The van der Waals surface area contributed by atoms with E-state index in [2.05, 4.69) is 20.7 Å². The van der Waals surface area contributed by atoms with Crippen molar-refractivity contribution in [1.82, 2.24) is 20.2 Å². The Hall–Kier alpha value is -3.04. The van der Waals surface area contributed by atoms with Crippen molar-refractivity contribution in [2.45, 2.75) is 18.6 Å². The van der Waals surface area contributed by atoms with Crippen molar-refractivity contribution < 1.29 is 15.0 Å². The quantitative estimate of drug-likeness (QED) is 0.229. The number of amides is 1. The monoisotopic (exact) mass is 431 g/mol. The van der Waals surface area contributed by atoms with Crippen LogP contribution in [0.5, 0.6) is 11.5 Å².